The number of carbonyl (C=O) groups excluding carboxylic acids is 1. The second-order valence-electron chi connectivity index (χ2n) is 7.13. The molecule has 4 heteroatoms. The molecule has 23 heavy (non-hydrogen) atoms. The van der Waals surface area contributed by atoms with E-state index in [2.05, 4.69) is 36.4 Å². The molecule has 0 bridgehead atoms. The van der Waals surface area contributed by atoms with E-state index in [4.69, 9.17) is 0 Å². The van der Waals surface area contributed by atoms with E-state index >= 15 is 0 Å². The van der Waals surface area contributed by atoms with Crippen LogP contribution in [0.5, 0.6) is 0 Å². The van der Waals surface area contributed by atoms with Gasteiger partial charge in [0.15, 0.2) is 0 Å². The first-order valence-electron chi connectivity index (χ1n) is 8.06. The van der Waals surface area contributed by atoms with Gasteiger partial charge in [-0.2, -0.15) is 0 Å². The molecule has 120 valence electrons. The lowest BCUT2D eigenvalue weighted by Gasteiger charge is -2.19. The second kappa shape index (κ2) is 6.03. The Hall–Kier alpha value is -2.36. The normalized spacial score (nSPS) is 14.4. The molecule has 1 heterocycles. The first-order valence-corrected chi connectivity index (χ1v) is 8.06. The summed E-state index contributed by atoms with van der Waals surface area (Å²) < 4.78 is 0. The number of benzene rings is 1. The average molecular weight is 309 g/mol. The van der Waals surface area contributed by atoms with Crippen molar-refractivity contribution in [2.45, 2.75) is 45.1 Å². The molecule has 0 spiro atoms. The molecule has 0 radical (unpaired) electrons. The maximum atomic E-state index is 12.2. The van der Waals surface area contributed by atoms with Gasteiger partial charge >= 0.3 is 0 Å². The Morgan fingerprint density at radius 2 is 1.70 bits per heavy atom. The number of aromatic nitrogens is 1. The number of pyridine rings is 1. The summed E-state index contributed by atoms with van der Waals surface area (Å²) in [6.45, 7) is 6.51. The molecule has 1 aliphatic carbocycles. The molecule has 0 unspecified atom stereocenters. The van der Waals surface area contributed by atoms with Crippen LogP contribution in [0.15, 0.2) is 42.6 Å². The van der Waals surface area contributed by atoms with Crippen molar-refractivity contribution >= 4 is 17.3 Å². The molecule has 0 aliphatic heterocycles. The SMILES string of the molecule is CC(C)(C)c1ccc(NC(=O)c2ccc(NC3CC3)cn2)cc1. The van der Waals surface area contributed by atoms with Crippen molar-refractivity contribution in [3.63, 3.8) is 0 Å². The first-order chi connectivity index (χ1) is 10.9. The highest BCUT2D eigenvalue weighted by Crippen LogP contribution is 2.25. The monoisotopic (exact) mass is 309 g/mol. The second-order valence-corrected chi connectivity index (χ2v) is 7.13. The van der Waals surface area contributed by atoms with Crippen LogP contribution in [0.1, 0.15) is 49.7 Å². The van der Waals surface area contributed by atoms with E-state index < -0.39 is 0 Å². The fraction of sp³-hybridized carbons (Fsp3) is 0.368. The molecular formula is C19H23N3O. The minimum Gasteiger partial charge on any atom is -0.381 e. The summed E-state index contributed by atoms with van der Waals surface area (Å²) in [5.41, 5.74) is 3.52. The van der Waals surface area contributed by atoms with Gasteiger partial charge in [0.1, 0.15) is 5.69 Å². The first kappa shape index (κ1) is 15.5. The van der Waals surface area contributed by atoms with Gasteiger partial charge in [0.25, 0.3) is 5.91 Å². The standard InChI is InChI=1S/C19H23N3O/c1-19(2,3)13-4-6-15(7-5-13)22-18(23)17-11-10-16(12-20-17)21-14-8-9-14/h4-7,10-12,14,21H,8-9H2,1-3H3,(H,22,23). The zero-order chi connectivity index (χ0) is 16.4. The maximum absolute atomic E-state index is 12.2. The third-order valence-electron chi connectivity index (χ3n) is 3.95. The zero-order valence-electron chi connectivity index (χ0n) is 13.9. The molecule has 3 rings (SSSR count). The van der Waals surface area contributed by atoms with Gasteiger partial charge in [-0.1, -0.05) is 32.9 Å². The van der Waals surface area contributed by atoms with Crippen LogP contribution in [0.4, 0.5) is 11.4 Å². The number of amides is 1. The van der Waals surface area contributed by atoms with Gasteiger partial charge in [0.05, 0.1) is 11.9 Å². The van der Waals surface area contributed by atoms with Crippen LogP contribution < -0.4 is 10.6 Å². The van der Waals surface area contributed by atoms with Crippen molar-refractivity contribution < 1.29 is 4.79 Å². The van der Waals surface area contributed by atoms with E-state index in [0.717, 1.165) is 11.4 Å². The predicted molar refractivity (Wildman–Crippen MR) is 94.0 cm³/mol. The van der Waals surface area contributed by atoms with Crippen molar-refractivity contribution in [2.24, 2.45) is 0 Å². The van der Waals surface area contributed by atoms with Crippen LogP contribution in [0.3, 0.4) is 0 Å². The lowest BCUT2D eigenvalue weighted by Crippen LogP contribution is -2.15. The number of hydrogen-bond donors (Lipinski definition) is 2. The van der Waals surface area contributed by atoms with Crippen LogP contribution in [0.25, 0.3) is 0 Å². The van der Waals surface area contributed by atoms with Crippen molar-refractivity contribution in [1.29, 1.82) is 0 Å². The van der Waals surface area contributed by atoms with E-state index in [0.29, 0.717) is 11.7 Å². The molecule has 1 saturated carbocycles. The minimum absolute atomic E-state index is 0.106. The Balaban J connectivity index is 1.63. The molecule has 2 aromatic rings. The summed E-state index contributed by atoms with van der Waals surface area (Å²) in [4.78, 5) is 16.5. The molecule has 1 amide bonds. The van der Waals surface area contributed by atoms with Gasteiger partial charge < -0.3 is 10.6 Å². The van der Waals surface area contributed by atoms with E-state index in [9.17, 15) is 4.79 Å². The number of rotatable bonds is 4. The Morgan fingerprint density at radius 3 is 2.22 bits per heavy atom. The van der Waals surface area contributed by atoms with Crippen LogP contribution in [-0.2, 0) is 5.41 Å². The zero-order valence-corrected chi connectivity index (χ0v) is 13.9. The maximum Gasteiger partial charge on any atom is 0.274 e. The van der Waals surface area contributed by atoms with Crippen LogP contribution in [0.2, 0.25) is 0 Å². The fourth-order valence-corrected chi connectivity index (χ4v) is 2.33. The predicted octanol–water partition coefficient (Wildman–Crippen LogP) is 4.21. The highest BCUT2D eigenvalue weighted by molar-refractivity contribution is 6.02. The quantitative estimate of drug-likeness (QED) is 0.889. The Morgan fingerprint density at radius 1 is 1.04 bits per heavy atom. The van der Waals surface area contributed by atoms with Gasteiger partial charge in [-0.05, 0) is 48.1 Å². The summed E-state index contributed by atoms with van der Waals surface area (Å²) >= 11 is 0. The number of nitrogens with zero attached hydrogens (tertiary/aromatic N) is 1. The lowest BCUT2D eigenvalue weighted by molar-refractivity contribution is 0.102. The van der Waals surface area contributed by atoms with Gasteiger partial charge in [-0.15, -0.1) is 0 Å². The number of nitrogens with one attached hydrogen (secondary N) is 2. The molecule has 1 fully saturated rings. The highest BCUT2D eigenvalue weighted by atomic mass is 16.1. The van der Waals surface area contributed by atoms with Gasteiger partial charge in [0, 0.05) is 11.7 Å². The third kappa shape index (κ3) is 4.09. The largest absolute Gasteiger partial charge is 0.381 e. The average Bonchev–Trinajstić information content (AvgIpc) is 3.31. The molecule has 0 saturated heterocycles. The lowest BCUT2D eigenvalue weighted by atomic mass is 9.87. The minimum atomic E-state index is -0.188. The molecular weight excluding hydrogens is 286 g/mol. The van der Waals surface area contributed by atoms with E-state index in [1.165, 1.54) is 18.4 Å². The Labute approximate surface area is 137 Å². The topological polar surface area (TPSA) is 54.0 Å². The van der Waals surface area contributed by atoms with E-state index in [1.807, 2.05) is 30.3 Å². The molecule has 1 aliphatic rings. The number of carbonyl (C=O) groups is 1. The van der Waals surface area contributed by atoms with Crippen molar-refractivity contribution in [3.8, 4) is 0 Å². The van der Waals surface area contributed by atoms with E-state index in [-0.39, 0.29) is 11.3 Å². The molecule has 0 atom stereocenters. The number of anilines is 2. The summed E-state index contributed by atoms with van der Waals surface area (Å²) in [6.07, 6.45) is 4.15. The molecule has 1 aromatic heterocycles. The van der Waals surface area contributed by atoms with Gasteiger partial charge in [-0.25, -0.2) is 4.98 Å². The number of hydrogen-bond acceptors (Lipinski definition) is 3. The fourth-order valence-electron chi connectivity index (χ4n) is 2.33. The van der Waals surface area contributed by atoms with Crippen LogP contribution in [0, 0.1) is 0 Å². The van der Waals surface area contributed by atoms with Crippen LogP contribution in [-0.4, -0.2) is 16.9 Å². The molecule has 1 aromatic carbocycles. The summed E-state index contributed by atoms with van der Waals surface area (Å²) in [6, 6.07) is 12.2. The summed E-state index contributed by atoms with van der Waals surface area (Å²) in [7, 11) is 0. The highest BCUT2D eigenvalue weighted by Gasteiger charge is 2.21. The Kier molecular flexibility index (Phi) is 4.07. The third-order valence-corrected chi connectivity index (χ3v) is 3.95. The van der Waals surface area contributed by atoms with Crippen molar-refractivity contribution in [2.75, 3.05) is 10.6 Å². The van der Waals surface area contributed by atoms with Gasteiger partial charge in [-0.3, -0.25) is 4.79 Å². The molecule has 4 nitrogen and oxygen atoms in total. The summed E-state index contributed by atoms with van der Waals surface area (Å²) in [5.74, 6) is -0.188. The van der Waals surface area contributed by atoms with Crippen molar-refractivity contribution in [3.05, 3.63) is 53.9 Å². The van der Waals surface area contributed by atoms with Crippen molar-refractivity contribution in [1.82, 2.24) is 4.98 Å². The van der Waals surface area contributed by atoms with Gasteiger partial charge in [0.2, 0.25) is 0 Å². The van der Waals surface area contributed by atoms with Crippen LogP contribution >= 0.6 is 0 Å². The molecule has 2 N–H and O–H groups in total. The smallest absolute Gasteiger partial charge is 0.274 e. The summed E-state index contributed by atoms with van der Waals surface area (Å²) in [5, 5.41) is 6.25. The van der Waals surface area contributed by atoms with E-state index in [1.54, 1.807) is 12.3 Å². The Bertz CT molecular complexity index is 680.